The lowest BCUT2D eigenvalue weighted by atomic mass is 9.95. The van der Waals surface area contributed by atoms with E-state index >= 15 is 0 Å². The normalized spacial score (nSPS) is 15.0. The molecule has 1 aliphatic rings. The van der Waals surface area contributed by atoms with Crippen molar-refractivity contribution in [3.05, 3.63) is 48.0 Å². The smallest absolute Gasteiger partial charge is 0.253 e. The Bertz CT molecular complexity index is 739. The number of nitrogens with zero attached hydrogens (tertiary/aromatic N) is 1. The Morgan fingerprint density at radius 2 is 1.75 bits per heavy atom. The van der Waals surface area contributed by atoms with E-state index in [9.17, 15) is 4.79 Å². The molecule has 28 heavy (non-hydrogen) atoms. The molecule has 0 unspecified atom stereocenters. The summed E-state index contributed by atoms with van der Waals surface area (Å²) in [5, 5.41) is 9.47. The summed E-state index contributed by atoms with van der Waals surface area (Å²) in [6, 6.07) is 14.9. The van der Waals surface area contributed by atoms with Crippen LogP contribution >= 0.6 is 0 Å². The molecule has 2 aromatic carbocycles. The number of fused-ring (bicyclic) bond motifs is 1. The van der Waals surface area contributed by atoms with Crippen LogP contribution < -0.4 is 10.6 Å². The van der Waals surface area contributed by atoms with E-state index in [2.05, 4.69) is 22.8 Å². The lowest BCUT2D eigenvalue weighted by Gasteiger charge is -2.22. The molecule has 0 atom stereocenters. The second-order valence-electron chi connectivity index (χ2n) is 8.03. The molecule has 1 aliphatic carbocycles. The highest BCUT2D eigenvalue weighted by Crippen LogP contribution is 2.17. The highest BCUT2D eigenvalue weighted by molar-refractivity contribution is 5.98. The van der Waals surface area contributed by atoms with Crippen molar-refractivity contribution in [2.45, 2.75) is 51.0 Å². The van der Waals surface area contributed by atoms with Crippen LogP contribution in [0.25, 0.3) is 10.8 Å². The molecule has 0 aromatic heterocycles. The molecule has 1 fully saturated rings. The molecule has 0 radical (unpaired) electrons. The molecule has 0 aliphatic heterocycles. The van der Waals surface area contributed by atoms with Crippen LogP contribution in [-0.4, -0.2) is 50.1 Å². The van der Waals surface area contributed by atoms with Crippen molar-refractivity contribution in [2.24, 2.45) is 0 Å². The first kappa shape index (κ1) is 20.8. The van der Waals surface area contributed by atoms with Crippen molar-refractivity contribution in [1.82, 2.24) is 15.5 Å². The maximum absolute atomic E-state index is 12.6. The van der Waals surface area contributed by atoms with Gasteiger partial charge in [0.1, 0.15) is 0 Å². The van der Waals surface area contributed by atoms with Gasteiger partial charge in [0.15, 0.2) is 0 Å². The molecule has 1 amide bonds. The molecular weight excluding hydrogens is 346 g/mol. The minimum atomic E-state index is 0.107. The number of unbranched alkanes of at least 4 members (excludes halogenated alkanes) is 1. The lowest BCUT2D eigenvalue weighted by Crippen LogP contribution is -2.36. The Morgan fingerprint density at radius 1 is 0.964 bits per heavy atom. The van der Waals surface area contributed by atoms with Crippen LogP contribution in [0, 0.1) is 0 Å². The summed E-state index contributed by atoms with van der Waals surface area (Å²) in [5.74, 6) is 0.107. The number of benzene rings is 2. The fourth-order valence-corrected chi connectivity index (χ4v) is 4.04. The van der Waals surface area contributed by atoms with Crippen molar-refractivity contribution in [3.63, 3.8) is 0 Å². The summed E-state index contributed by atoms with van der Waals surface area (Å²) in [4.78, 5) is 14.5. The molecule has 0 heterocycles. The van der Waals surface area contributed by atoms with E-state index in [-0.39, 0.29) is 5.91 Å². The summed E-state index contributed by atoms with van der Waals surface area (Å²) in [5.41, 5.74) is 0.771. The van der Waals surface area contributed by atoms with Crippen LogP contribution in [-0.2, 0) is 0 Å². The molecule has 0 saturated heterocycles. The summed E-state index contributed by atoms with van der Waals surface area (Å²) < 4.78 is 0. The average Bonchev–Trinajstić information content (AvgIpc) is 2.75. The minimum absolute atomic E-state index is 0.107. The van der Waals surface area contributed by atoms with Crippen LogP contribution in [0.3, 0.4) is 0 Å². The van der Waals surface area contributed by atoms with Gasteiger partial charge in [-0.15, -0.1) is 0 Å². The molecule has 4 heteroatoms. The third-order valence-corrected chi connectivity index (χ3v) is 5.78. The van der Waals surface area contributed by atoms with Crippen LogP contribution in [0.1, 0.15) is 55.3 Å². The van der Waals surface area contributed by atoms with E-state index in [4.69, 9.17) is 0 Å². The molecule has 2 N–H and O–H groups in total. The number of hydrogen-bond donors (Lipinski definition) is 2. The van der Waals surface area contributed by atoms with Crippen LogP contribution in [0.2, 0.25) is 0 Å². The molecule has 152 valence electrons. The van der Waals surface area contributed by atoms with Crippen molar-refractivity contribution >= 4 is 16.7 Å². The van der Waals surface area contributed by atoms with Gasteiger partial charge in [0.05, 0.1) is 0 Å². The van der Waals surface area contributed by atoms with E-state index in [1.54, 1.807) is 0 Å². The Morgan fingerprint density at radius 3 is 2.57 bits per heavy atom. The standard InChI is InChI=1S/C24H35N3O/c1-27(24(28)22-14-13-20-9-5-6-10-21(20)19-22)18-8-7-15-25-16-17-26-23-11-3-2-4-12-23/h5-6,9-10,13-14,19,23,25-26H,2-4,7-8,11-12,15-18H2,1H3. The van der Waals surface area contributed by atoms with Crippen LogP contribution in [0.15, 0.2) is 42.5 Å². The Hall–Kier alpha value is -1.91. The highest BCUT2D eigenvalue weighted by Gasteiger charge is 2.12. The first-order chi connectivity index (χ1) is 13.7. The monoisotopic (exact) mass is 381 g/mol. The predicted molar refractivity (Wildman–Crippen MR) is 118 cm³/mol. The number of amides is 1. The van der Waals surface area contributed by atoms with Crippen LogP contribution in [0.4, 0.5) is 0 Å². The zero-order valence-electron chi connectivity index (χ0n) is 17.3. The summed E-state index contributed by atoms with van der Waals surface area (Å²) in [7, 11) is 1.90. The van der Waals surface area contributed by atoms with E-state index in [1.165, 1.54) is 37.5 Å². The highest BCUT2D eigenvalue weighted by atomic mass is 16.2. The Balaban J connectivity index is 1.28. The second kappa shape index (κ2) is 11.2. The Labute approximate surface area is 169 Å². The average molecular weight is 382 g/mol. The van der Waals surface area contributed by atoms with Gasteiger partial charge in [-0.05, 0) is 55.1 Å². The number of rotatable bonds is 10. The first-order valence-corrected chi connectivity index (χ1v) is 10.9. The summed E-state index contributed by atoms with van der Waals surface area (Å²) >= 11 is 0. The molecular formula is C24H35N3O. The largest absolute Gasteiger partial charge is 0.342 e. The molecule has 2 aromatic rings. The van der Waals surface area contributed by atoms with E-state index < -0.39 is 0 Å². The maximum atomic E-state index is 12.6. The van der Waals surface area contributed by atoms with Crippen molar-refractivity contribution < 1.29 is 4.79 Å². The van der Waals surface area contributed by atoms with Crippen molar-refractivity contribution in [1.29, 1.82) is 0 Å². The third-order valence-electron chi connectivity index (χ3n) is 5.78. The van der Waals surface area contributed by atoms with Gasteiger partial charge in [0.2, 0.25) is 0 Å². The second-order valence-corrected chi connectivity index (χ2v) is 8.03. The third kappa shape index (κ3) is 6.32. The predicted octanol–water partition coefficient (Wildman–Crippen LogP) is 4.20. The van der Waals surface area contributed by atoms with Gasteiger partial charge in [-0.2, -0.15) is 0 Å². The number of hydrogen-bond acceptors (Lipinski definition) is 3. The maximum Gasteiger partial charge on any atom is 0.253 e. The molecule has 3 rings (SSSR count). The van der Waals surface area contributed by atoms with Crippen molar-refractivity contribution in [3.8, 4) is 0 Å². The van der Waals surface area contributed by atoms with Crippen molar-refractivity contribution in [2.75, 3.05) is 33.2 Å². The zero-order chi connectivity index (χ0) is 19.6. The van der Waals surface area contributed by atoms with Gasteiger partial charge in [-0.25, -0.2) is 0 Å². The van der Waals surface area contributed by atoms with Gasteiger partial charge in [0, 0.05) is 38.3 Å². The molecule has 1 saturated carbocycles. The fourth-order valence-electron chi connectivity index (χ4n) is 4.04. The summed E-state index contributed by atoms with van der Waals surface area (Å²) in [6.45, 7) is 3.91. The zero-order valence-corrected chi connectivity index (χ0v) is 17.3. The van der Waals surface area contributed by atoms with E-state index in [0.29, 0.717) is 0 Å². The van der Waals surface area contributed by atoms with Gasteiger partial charge >= 0.3 is 0 Å². The molecule has 0 spiro atoms. The number of carbonyl (C=O) groups is 1. The first-order valence-electron chi connectivity index (χ1n) is 10.9. The lowest BCUT2D eigenvalue weighted by molar-refractivity contribution is 0.0793. The Kier molecular flexibility index (Phi) is 8.31. The quantitative estimate of drug-likeness (QED) is 0.606. The fraction of sp³-hybridized carbons (Fsp3) is 0.542. The SMILES string of the molecule is CN(CCCCNCCNC1CCCCC1)C(=O)c1ccc2ccccc2c1. The molecule has 0 bridgehead atoms. The number of nitrogens with one attached hydrogen (secondary N) is 2. The van der Waals surface area contributed by atoms with E-state index in [0.717, 1.165) is 56.0 Å². The van der Waals surface area contributed by atoms with E-state index in [1.807, 2.05) is 42.3 Å². The van der Waals surface area contributed by atoms with Gasteiger partial charge < -0.3 is 15.5 Å². The number of carbonyl (C=O) groups excluding carboxylic acids is 1. The minimum Gasteiger partial charge on any atom is -0.342 e. The molecule has 4 nitrogen and oxygen atoms in total. The van der Waals surface area contributed by atoms with Gasteiger partial charge in [-0.3, -0.25) is 4.79 Å². The van der Waals surface area contributed by atoms with Gasteiger partial charge in [0.25, 0.3) is 5.91 Å². The summed E-state index contributed by atoms with van der Waals surface area (Å²) in [6.07, 6.45) is 8.99. The van der Waals surface area contributed by atoms with Gasteiger partial charge in [-0.1, -0.05) is 49.6 Å². The van der Waals surface area contributed by atoms with Crippen LogP contribution in [0.5, 0.6) is 0 Å². The topological polar surface area (TPSA) is 44.4 Å².